The van der Waals surface area contributed by atoms with Gasteiger partial charge < -0.3 is 4.98 Å². The number of H-pyrrole nitrogens is 1. The number of rotatable bonds is 1. The second kappa shape index (κ2) is 3.71. The summed E-state index contributed by atoms with van der Waals surface area (Å²) < 4.78 is 1.10. The summed E-state index contributed by atoms with van der Waals surface area (Å²) in [5.74, 6) is 0. The number of nitrogens with zero attached hydrogens (tertiary/aromatic N) is 1. The Labute approximate surface area is 105 Å². The van der Waals surface area contributed by atoms with Crippen molar-refractivity contribution in [3.05, 3.63) is 39.9 Å². The second-order valence-corrected chi connectivity index (χ2v) is 5.94. The fraction of sp³-hybridized carbons (Fsp3) is 0.0833. The number of nitrogens with one attached hydrogen (secondary N) is 1. The number of hydrogen-bond acceptors (Lipinski definition) is 2. The number of aryl methyl sites for hydroxylation is 1. The third-order valence-corrected chi connectivity index (χ3v) is 4.60. The number of aromatic amines is 1. The van der Waals surface area contributed by atoms with Gasteiger partial charge in [-0.15, -0.1) is 11.3 Å². The number of benzene rings is 1. The summed E-state index contributed by atoms with van der Waals surface area (Å²) in [5, 5.41) is 2.28. The van der Waals surface area contributed by atoms with Gasteiger partial charge in [0.2, 0.25) is 0 Å². The maximum Gasteiger partial charge on any atom is 0.126 e. The van der Waals surface area contributed by atoms with E-state index in [1.807, 2.05) is 19.2 Å². The highest BCUT2D eigenvalue weighted by Gasteiger charge is 2.11. The van der Waals surface area contributed by atoms with Gasteiger partial charge >= 0.3 is 0 Å². The first-order chi connectivity index (χ1) is 7.75. The predicted molar refractivity (Wildman–Crippen MR) is 71.8 cm³/mol. The molecule has 0 aliphatic rings. The minimum Gasteiger partial charge on any atom is -0.360 e. The van der Waals surface area contributed by atoms with Gasteiger partial charge in [-0.05, 0) is 28.9 Å². The highest BCUT2D eigenvalue weighted by atomic mass is 79.9. The molecule has 1 N–H and O–H groups in total. The zero-order chi connectivity index (χ0) is 11.1. The quantitative estimate of drug-likeness (QED) is 0.709. The molecule has 3 aromatic rings. The second-order valence-electron chi connectivity index (χ2n) is 3.63. The average Bonchev–Trinajstić information content (AvgIpc) is 2.83. The molecule has 2 aromatic heterocycles. The van der Waals surface area contributed by atoms with Crippen molar-refractivity contribution in [2.24, 2.45) is 0 Å². The van der Waals surface area contributed by atoms with Gasteiger partial charge in [0.1, 0.15) is 5.01 Å². The minimum atomic E-state index is 1.05. The topological polar surface area (TPSA) is 28.7 Å². The van der Waals surface area contributed by atoms with Crippen LogP contribution < -0.4 is 0 Å². The van der Waals surface area contributed by atoms with Crippen LogP contribution >= 0.6 is 27.3 Å². The van der Waals surface area contributed by atoms with Crippen LogP contribution in [-0.4, -0.2) is 9.97 Å². The lowest BCUT2D eigenvalue weighted by Gasteiger charge is -1.92. The molecule has 0 aliphatic carbocycles. The summed E-state index contributed by atoms with van der Waals surface area (Å²) >= 11 is 5.18. The maximum atomic E-state index is 4.55. The van der Waals surface area contributed by atoms with E-state index in [2.05, 4.69) is 44.1 Å². The van der Waals surface area contributed by atoms with Gasteiger partial charge in [-0.25, -0.2) is 4.98 Å². The van der Waals surface area contributed by atoms with E-state index >= 15 is 0 Å². The first-order valence-corrected chi connectivity index (χ1v) is 6.56. The maximum absolute atomic E-state index is 4.55. The Bertz CT molecular complexity index is 634. The molecule has 0 radical (unpaired) electrons. The van der Waals surface area contributed by atoms with Crippen LogP contribution in [-0.2, 0) is 0 Å². The number of thiazole rings is 1. The molecule has 0 aliphatic heterocycles. The summed E-state index contributed by atoms with van der Waals surface area (Å²) in [5.41, 5.74) is 3.38. The Morgan fingerprint density at radius 3 is 2.88 bits per heavy atom. The molecule has 0 fully saturated rings. The highest BCUT2D eigenvalue weighted by Crippen LogP contribution is 2.35. The van der Waals surface area contributed by atoms with E-state index in [1.165, 1.54) is 10.9 Å². The van der Waals surface area contributed by atoms with Crippen LogP contribution in [0.25, 0.3) is 21.5 Å². The number of para-hydroxylation sites is 1. The molecule has 80 valence electrons. The van der Waals surface area contributed by atoms with Gasteiger partial charge in [0, 0.05) is 22.7 Å². The van der Waals surface area contributed by atoms with Crippen molar-refractivity contribution < 1.29 is 0 Å². The Balaban J connectivity index is 2.26. The lowest BCUT2D eigenvalue weighted by molar-refractivity contribution is 1.26. The molecule has 1 aromatic carbocycles. The zero-order valence-corrected chi connectivity index (χ0v) is 11.0. The molecule has 0 spiro atoms. The molecule has 2 heterocycles. The predicted octanol–water partition coefficient (Wildman–Crippen LogP) is 4.36. The number of aromatic nitrogens is 2. The van der Waals surface area contributed by atoms with Crippen molar-refractivity contribution in [2.45, 2.75) is 6.92 Å². The van der Waals surface area contributed by atoms with Crippen molar-refractivity contribution in [1.82, 2.24) is 9.97 Å². The summed E-state index contributed by atoms with van der Waals surface area (Å²) in [6, 6.07) is 8.28. The molecule has 0 atom stereocenters. The van der Waals surface area contributed by atoms with Gasteiger partial charge in [-0.3, -0.25) is 0 Å². The Kier molecular flexibility index (Phi) is 2.33. The molecule has 0 bridgehead atoms. The number of hydrogen-bond donors (Lipinski definition) is 1. The average molecular weight is 293 g/mol. The summed E-state index contributed by atoms with van der Waals surface area (Å²) in [4.78, 5) is 7.82. The van der Waals surface area contributed by atoms with Crippen molar-refractivity contribution in [3.8, 4) is 10.6 Å². The number of fused-ring (bicyclic) bond motifs is 1. The molecule has 16 heavy (non-hydrogen) atoms. The van der Waals surface area contributed by atoms with Crippen molar-refractivity contribution in [1.29, 1.82) is 0 Å². The van der Waals surface area contributed by atoms with Crippen LogP contribution in [0.3, 0.4) is 0 Å². The Hall–Kier alpha value is -1.13. The lowest BCUT2D eigenvalue weighted by atomic mass is 10.2. The van der Waals surface area contributed by atoms with Crippen LogP contribution in [0.5, 0.6) is 0 Å². The van der Waals surface area contributed by atoms with E-state index in [9.17, 15) is 0 Å². The van der Waals surface area contributed by atoms with Crippen LogP contribution in [0.2, 0.25) is 0 Å². The smallest absolute Gasteiger partial charge is 0.126 e. The fourth-order valence-electron chi connectivity index (χ4n) is 1.74. The Morgan fingerprint density at radius 1 is 1.31 bits per heavy atom. The third-order valence-electron chi connectivity index (χ3n) is 2.56. The highest BCUT2D eigenvalue weighted by molar-refractivity contribution is 9.11. The van der Waals surface area contributed by atoms with Gasteiger partial charge in [0.05, 0.1) is 9.48 Å². The van der Waals surface area contributed by atoms with Crippen molar-refractivity contribution >= 4 is 38.2 Å². The van der Waals surface area contributed by atoms with Gasteiger partial charge in [0.25, 0.3) is 0 Å². The summed E-state index contributed by atoms with van der Waals surface area (Å²) in [6.07, 6.45) is 2.02. The van der Waals surface area contributed by atoms with Crippen LogP contribution in [0.15, 0.2) is 34.2 Å². The van der Waals surface area contributed by atoms with Gasteiger partial charge in [0.15, 0.2) is 0 Å². The van der Waals surface area contributed by atoms with Crippen molar-refractivity contribution in [3.63, 3.8) is 0 Å². The SMILES string of the molecule is Cc1nc(-c2c[nH]c3ccccc23)sc1Br. The van der Waals surface area contributed by atoms with E-state index in [0.717, 1.165) is 20.0 Å². The van der Waals surface area contributed by atoms with Gasteiger partial charge in [-0.2, -0.15) is 0 Å². The van der Waals surface area contributed by atoms with Crippen molar-refractivity contribution in [2.75, 3.05) is 0 Å². The molecule has 0 unspecified atom stereocenters. The molecule has 0 saturated carbocycles. The summed E-state index contributed by atoms with van der Waals surface area (Å²) in [7, 11) is 0. The molecule has 2 nitrogen and oxygen atoms in total. The molecule has 4 heteroatoms. The lowest BCUT2D eigenvalue weighted by Crippen LogP contribution is -1.74. The Morgan fingerprint density at radius 2 is 2.12 bits per heavy atom. The summed E-state index contributed by atoms with van der Waals surface area (Å²) in [6.45, 7) is 2.01. The zero-order valence-electron chi connectivity index (χ0n) is 8.62. The fourth-order valence-corrected chi connectivity index (χ4v) is 3.11. The molecular formula is C12H9BrN2S. The molecule has 0 amide bonds. The first-order valence-electron chi connectivity index (χ1n) is 4.95. The van der Waals surface area contributed by atoms with E-state index in [-0.39, 0.29) is 0 Å². The van der Waals surface area contributed by atoms with Crippen LogP contribution in [0.4, 0.5) is 0 Å². The van der Waals surface area contributed by atoms with E-state index in [1.54, 1.807) is 11.3 Å². The van der Waals surface area contributed by atoms with Crippen LogP contribution in [0, 0.1) is 6.92 Å². The normalized spacial score (nSPS) is 11.1. The standard InChI is InChI=1S/C12H9BrN2S/c1-7-11(13)16-12(15-7)9-6-14-10-5-3-2-4-8(9)10/h2-6,14H,1H3. The van der Waals surface area contributed by atoms with E-state index < -0.39 is 0 Å². The third kappa shape index (κ3) is 1.49. The van der Waals surface area contributed by atoms with E-state index in [4.69, 9.17) is 0 Å². The largest absolute Gasteiger partial charge is 0.360 e. The van der Waals surface area contributed by atoms with Crippen LogP contribution in [0.1, 0.15) is 5.69 Å². The monoisotopic (exact) mass is 292 g/mol. The minimum absolute atomic E-state index is 1.05. The van der Waals surface area contributed by atoms with E-state index in [0.29, 0.717) is 0 Å². The number of halogens is 1. The first kappa shape index (κ1) is 10.1. The molecule has 0 saturated heterocycles. The molecular weight excluding hydrogens is 284 g/mol. The van der Waals surface area contributed by atoms with Gasteiger partial charge in [-0.1, -0.05) is 18.2 Å². The molecule has 3 rings (SSSR count).